The van der Waals surface area contributed by atoms with Gasteiger partial charge in [-0.15, -0.1) is 0 Å². The number of rotatable bonds is 17. The van der Waals surface area contributed by atoms with Gasteiger partial charge in [0.15, 0.2) is 0 Å². The summed E-state index contributed by atoms with van der Waals surface area (Å²) in [6, 6.07) is 14.6. The summed E-state index contributed by atoms with van der Waals surface area (Å²) < 4.78 is 16.1. The molecule has 1 saturated heterocycles. The Kier molecular flexibility index (Phi) is 11.2. The van der Waals surface area contributed by atoms with Crippen molar-refractivity contribution in [2.75, 3.05) is 11.4 Å². The summed E-state index contributed by atoms with van der Waals surface area (Å²) in [7, 11) is 0. The molecule has 3 aromatic rings. The van der Waals surface area contributed by atoms with Gasteiger partial charge in [-0.25, -0.2) is 9.37 Å². The van der Waals surface area contributed by atoms with Crippen molar-refractivity contribution < 1.29 is 9.18 Å². The summed E-state index contributed by atoms with van der Waals surface area (Å²) in [6.07, 6.45) is 19.3. The predicted molar refractivity (Wildman–Crippen MR) is 156 cm³/mol. The number of para-hydroxylation sites is 2. The Balaban J connectivity index is 1.22. The molecule has 1 atom stereocenters. The smallest absolute Gasteiger partial charge is 0.227 e. The average molecular weight is 520 g/mol. The predicted octanol–water partition coefficient (Wildman–Crippen LogP) is 9.18. The lowest BCUT2D eigenvalue weighted by Crippen LogP contribution is -2.24. The number of amides is 1. The fourth-order valence-electron chi connectivity index (χ4n) is 5.88. The van der Waals surface area contributed by atoms with E-state index in [0.29, 0.717) is 18.7 Å². The summed E-state index contributed by atoms with van der Waals surface area (Å²) in [4.78, 5) is 19.5. The zero-order valence-corrected chi connectivity index (χ0v) is 23.3. The van der Waals surface area contributed by atoms with Gasteiger partial charge in [0.25, 0.3) is 0 Å². The van der Waals surface area contributed by atoms with Gasteiger partial charge in [-0.05, 0) is 36.8 Å². The van der Waals surface area contributed by atoms with E-state index in [2.05, 4.69) is 29.7 Å². The molecule has 1 aromatic heterocycles. The van der Waals surface area contributed by atoms with E-state index in [1.54, 1.807) is 17.0 Å². The summed E-state index contributed by atoms with van der Waals surface area (Å²) >= 11 is 0. The Morgan fingerprint density at radius 3 is 2.11 bits per heavy atom. The van der Waals surface area contributed by atoms with Gasteiger partial charge in [0.1, 0.15) is 11.6 Å². The van der Waals surface area contributed by atoms with Gasteiger partial charge in [-0.2, -0.15) is 0 Å². The van der Waals surface area contributed by atoms with E-state index in [0.717, 1.165) is 29.8 Å². The highest BCUT2D eigenvalue weighted by atomic mass is 19.1. The largest absolute Gasteiger partial charge is 0.328 e. The first-order chi connectivity index (χ1) is 18.7. The van der Waals surface area contributed by atoms with E-state index in [1.165, 1.54) is 95.6 Å². The maximum atomic E-state index is 13.8. The molecule has 0 bridgehead atoms. The van der Waals surface area contributed by atoms with Gasteiger partial charge in [-0.1, -0.05) is 109 Å². The van der Waals surface area contributed by atoms with Crippen LogP contribution in [0.4, 0.5) is 10.1 Å². The van der Waals surface area contributed by atoms with Crippen molar-refractivity contribution in [2.45, 2.75) is 116 Å². The number of fused-ring (bicyclic) bond motifs is 1. The lowest BCUT2D eigenvalue weighted by atomic mass is 10.0. The second-order valence-corrected chi connectivity index (χ2v) is 11.1. The normalized spacial score (nSPS) is 15.7. The maximum absolute atomic E-state index is 13.8. The van der Waals surface area contributed by atoms with Crippen molar-refractivity contribution >= 4 is 22.6 Å². The molecule has 0 radical (unpaired) electrons. The number of hydrogen-bond acceptors (Lipinski definition) is 2. The first-order valence-electron chi connectivity index (χ1n) is 15.2. The van der Waals surface area contributed by atoms with Crippen LogP contribution in [0.3, 0.4) is 0 Å². The van der Waals surface area contributed by atoms with Crippen LogP contribution in [-0.4, -0.2) is 22.0 Å². The lowest BCUT2D eigenvalue weighted by Gasteiger charge is -2.17. The average Bonchev–Trinajstić information content (AvgIpc) is 3.49. The number of halogens is 1. The zero-order valence-electron chi connectivity index (χ0n) is 23.3. The first kappa shape index (κ1) is 28.3. The van der Waals surface area contributed by atoms with E-state index >= 15 is 0 Å². The molecule has 4 rings (SSSR count). The third-order valence-electron chi connectivity index (χ3n) is 8.03. The van der Waals surface area contributed by atoms with Gasteiger partial charge in [0.2, 0.25) is 5.91 Å². The molecule has 0 N–H and O–H groups in total. The van der Waals surface area contributed by atoms with Crippen LogP contribution in [0.15, 0.2) is 48.5 Å². The summed E-state index contributed by atoms with van der Waals surface area (Å²) in [5.41, 5.74) is 2.77. The Bertz CT molecular complexity index is 1140. The Labute approximate surface area is 228 Å². The number of nitrogens with zero attached hydrogens (tertiary/aromatic N) is 3. The van der Waals surface area contributed by atoms with Crippen molar-refractivity contribution in [1.29, 1.82) is 0 Å². The van der Waals surface area contributed by atoms with E-state index in [-0.39, 0.29) is 17.6 Å². The molecule has 0 saturated carbocycles. The van der Waals surface area contributed by atoms with Crippen molar-refractivity contribution in [2.24, 2.45) is 0 Å². The topological polar surface area (TPSA) is 38.1 Å². The fraction of sp³-hybridized carbons (Fsp3) is 0.576. The monoisotopic (exact) mass is 519 g/mol. The van der Waals surface area contributed by atoms with Crippen LogP contribution in [-0.2, 0) is 11.3 Å². The van der Waals surface area contributed by atoms with E-state index in [9.17, 15) is 9.18 Å². The molecule has 2 aromatic carbocycles. The van der Waals surface area contributed by atoms with E-state index < -0.39 is 0 Å². The third-order valence-corrected chi connectivity index (χ3v) is 8.03. The molecular weight excluding hydrogens is 473 g/mol. The minimum atomic E-state index is -0.316. The van der Waals surface area contributed by atoms with Gasteiger partial charge in [0, 0.05) is 31.1 Å². The van der Waals surface area contributed by atoms with E-state index in [4.69, 9.17) is 4.98 Å². The van der Waals surface area contributed by atoms with Crippen molar-refractivity contribution in [1.82, 2.24) is 9.55 Å². The SMILES string of the molecule is CCCCCCCCCCCCCCCCn1c(C2CC(=O)N(c3cccc(F)c3)C2)nc2ccccc21. The molecule has 1 fully saturated rings. The molecular formula is C33H46FN3O. The maximum Gasteiger partial charge on any atom is 0.227 e. The minimum Gasteiger partial charge on any atom is -0.328 e. The quantitative estimate of drug-likeness (QED) is 0.167. The molecule has 38 heavy (non-hydrogen) atoms. The van der Waals surface area contributed by atoms with Gasteiger partial charge in [-0.3, -0.25) is 4.79 Å². The highest BCUT2D eigenvalue weighted by molar-refractivity contribution is 5.96. The van der Waals surface area contributed by atoms with Crippen LogP contribution in [0.1, 0.15) is 115 Å². The van der Waals surface area contributed by atoms with Crippen molar-refractivity contribution in [3.05, 3.63) is 60.2 Å². The van der Waals surface area contributed by atoms with Crippen LogP contribution in [0.25, 0.3) is 11.0 Å². The second-order valence-electron chi connectivity index (χ2n) is 11.1. The number of aromatic nitrogens is 2. The number of hydrogen-bond donors (Lipinski definition) is 0. The number of carbonyl (C=O) groups is 1. The Morgan fingerprint density at radius 2 is 1.45 bits per heavy atom. The number of aryl methyl sites for hydroxylation is 1. The number of anilines is 1. The van der Waals surface area contributed by atoms with Crippen LogP contribution >= 0.6 is 0 Å². The van der Waals surface area contributed by atoms with Crippen LogP contribution in [0, 0.1) is 5.82 Å². The second kappa shape index (κ2) is 15.0. The van der Waals surface area contributed by atoms with Crippen molar-refractivity contribution in [3.63, 3.8) is 0 Å². The Morgan fingerprint density at radius 1 is 0.816 bits per heavy atom. The first-order valence-corrected chi connectivity index (χ1v) is 15.2. The Hall–Kier alpha value is -2.69. The summed E-state index contributed by atoms with van der Waals surface area (Å²) in [5.74, 6) is 0.734. The number of imidazole rings is 1. The van der Waals surface area contributed by atoms with Gasteiger partial charge >= 0.3 is 0 Å². The zero-order chi connectivity index (χ0) is 26.6. The molecule has 1 unspecified atom stereocenters. The highest BCUT2D eigenvalue weighted by Gasteiger charge is 2.34. The molecule has 0 spiro atoms. The molecule has 1 aliphatic heterocycles. The fourth-order valence-corrected chi connectivity index (χ4v) is 5.88. The molecule has 2 heterocycles. The van der Waals surface area contributed by atoms with Crippen molar-refractivity contribution in [3.8, 4) is 0 Å². The van der Waals surface area contributed by atoms with E-state index in [1.807, 2.05) is 6.07 Å². The lowest BCUT2D eigenvalue weighted by molar-refractivity contribution is -0.117. The minimum absolute atomic E-state index is 0.0183. The summed E-state index contributed by atoms with van der Waals surface area (Å²) in [5, 5.41) is 0. The standard InChI is InChI=1S/C33H46FN3O/c1-2-3-4-5-6-7-8-9-10-11-12-13-14-17-23-36-31-22-16-15-21-30(31)35-33(36)27-24-32(38)37(26-27)29-20-18-19-28(34)25-29/h15-16,18-22,25,27H,2-14,17,23-24,26H2,1H3. The van der Waals surface area contributed by atoms with Crippen LogP contribution in [0.5, 0.6) is 0 Å². The highest BCUT2D eigenvalue weighted by Crippen LogP contribution is 2.33. The molecule has 1 amide bonds. The number of benzene rings is 2. The molecule has 5 heteroatoms. The molecule has 1 aliphatic rings. The number of unbranched alkanes of at least 4 members (excludes halogenated alkanes) is 13. The third kappa shape index (κ3) is 7.91. The molecule has 4 nitrogen and oxygen atoms in total. The molecule has 206 valence electrons. The van der Waals surface area contributed by atoms with Gasteiger partial charge < -0.3 is 9.47 Å². The van der Waals surface area contributed by atoms with Crippen LogP contribution < -0.4 is 4.90 Å². The molecule has 0 aliphatic carbocycles. The number of carbonyl (C=O) groups excluding carboxylic acids is 1. The van der Waals surface area contributed by atoms with Crippen LogP contribution in [0.2, 0.25) is 0 Å². The summed E-state index contributed by atoms with van der Waals surface area (Å²) in [6.45, 7) is 3.75. The van der Waals surface area contributed by atoms with Gasteiger partial charge in [0.05, 0.1) is 11.0 Å².